The van der Waals surface area contributed by atoms with Gasteiger partial charge >= 0.3 is 0 Å². The van der Waals surface area contributed by atoms with E-state index in [0.29, 0.717) is 11.4 Å². The number of sulfonamides is 1. The Labute approximate surface area is 172 Å². The molecule has 29 heavy (non-hydrogen) atoms. The molecule has 2 aromatic carbocycles. The van der Waals surface area contributed by atoms with Crippen molar-refractivity contribution in [2.24, 2.45) is 0 Å². The molecule has 0 saturated heterocycles. The first-order valence-corrected chi connectivity index (χ1v) is 10.8. The average Bonchev–Trinajstić information content (AvgIpc) is 2.71. The Kier molecular flexibility index (Phi) is 7.50. The Morgan fingerprint density at radius 3 is 2.31 bits per heavy atom. The molecule has 0 aliphatic heterocycles. The third-order valence-electron chi connectivity index (χ3n) is 4.55. The van der Waals surface area contributed by atoms with Crippen molar-refractivity contribution in [3.05, 3.63) is 48.0 Å². The average molecular weight is 421 g/mol. The molecular weight excluding hydrogens is 392 g/mol. The molecule has 0 saturated carbocycles. The maximum absolute atomic E-state index is 13.5. The van der Waals surface area contributed by atoms with Crippen LogP contribution in [-0.4, -0.2) is 41.1 Å². The number of hydrogen-bond acceptors (Lipinski definition) is 5. The fourth-order valence-corrected chi connectivity index (χ4v) is 4.39. The number of amides is 1. The third kappa shape index (κ3) is 5.41. The minimum absolute atomic E-state index is 0.00663. The monoisotopic (exact) mass is 420 g/mol. The predicted octanol–water partition coefficient (Wildman–Crippen LogP) is 3.12. The Bertz CT molecular complexity index is 942. The van der Waals surface area contributed by atoms with E-state index in [4.69, 9.17) is 9.47 Å². The lowest BCUT2D eigenvalue weighted by molar-refractivity contribution is -0.120. The van der Waals surface area contributed by atoms with Gasteiger partial charge in [0.1, 0.15) is 22.9 Å². The standard InChI is InChI=1S/C21H28N2O5S/c1-6-16(3)22-21(24)14-23(17-8-10-18(27-4)11-9-17)29(25,26)20-13-15(2)7-12-19(20)28-5/h7-13,16H,6,14H2,1-5H3,(H,22,24). The van der Waals surface area contributed by atoms with Crippen LogP contribution in [0.3, 0.4) is 0 Å². The van der Waals surface area contributed by atoms with Crippen LogP contribution >= 0.6 is 0 Å². The van der Waals surface area contributed by atoms with Gasteiger partial charge < -0.3 is 14.8 Å². The van der Waals surface area contributed by atoms with Gasteiger partial charge in [-0.25, -0.2) is 8.42 Å². The van der Waals surface area contributed by atoms with Gasteiger partial charge in [-0.1, -0.05) is 13.0 Å². The highest BCUT2D eigenvalue weighted by Gasteiger charge is 2.30. The van der Waals surface area contributed by atoms with Crippen molar-refractivity contribution in [1.82, 2.24) is 5.32 Å². The van der Waals surface area contributed by atoms with Gasteiger partial charge in [-0.05, 0) is 62.2 Å². The van der Waals surface area contributed by atoms with Gasteiger partial charge in [-0.3, -0.25) is 9.10 Å². The highest BCUT2D eigenvalue weighted by molar-refractivity contribution is 7.93. The van der Waals surface area contributed by atoms with E-state index < -0.39 is 10.0 Å². The second-order valence-corrected chi connectivity index (χ2v) is 8.57. The summed E-state index contributed by atoms with van der Waals surface area (Å²) in [5.74, 6) is 0.421. The van der Waals surface area contributed by atoms with Crippen LogP contribution in [0.15, 0.2) is 47.4 Å². The molecule has 2 rings (SSSR count). The van der Waals surface area contributed by atoms with Crippen molar-refractivity contribution in [3.8, 4) is 11.5 Å². The number of rotatable bonds is 9. The first-order chi connectivity index (χ1) is 13.7. The van der Waals surface area contributed by atoms with E-state index in [0.717, 1.165) is 16.3 Å². The molecule has 0 aliphatic carbocycles. The number of nitrogens with one attached hydrogen (secondary N) is 1. The molecular formula is C21H28N2O5S. The number of hydrogen-bond donors (Lipinski definition) is 1. The summed E-state index contributed by atoms with van der Waals surface area (Å²) in [4.78, 5) is 12.6. The molecule has 0 spiro atoms. The molecule has 1 unspecified atom stereocenters. The van der Waals surface area contributed by atoms with Crippen molar-refractivity contribution >= 4 is 21.6 Å². The van der Waals surface area contributed by atoms with Crippen LogP contribution in [0.25, 0.3) is 0 Å². The second kappa shape index (κ2) is 9.65. The van der Waals surface area contributed by atoms with E-state index >= 15 is 0 Å². The van der Waals surface area contributed by atoms with Crippen molar-refractivity contribution < 1.29 is 22.7 Å². The van der Waals surface area contributed by atoms with E-state index in [1.807, 2.05) is 13.8 Å². The number of carbonyl (C=O) groups is 1. The summed E-state index contributed by atoms with van der Waals surface area (Å²) in [7, 11) is -1.13. The number of benzene rings is 2. The Morgan fingerprint density at radius 1 is 1.10 bits per heavy atom. The molecule has 1 atom stereocenters. The maximum atomic E-state index is 13.5. The molecule has 0 bridgehead atoms. The topological polar surface area (TPSA) is 84.9 Å². The molecule has 158 valence electrons. The largest absolute Gasteiger partial charge is 0.497 e. The van der Waals surface area contributed by atoms with Crippen molar-refractivity contribution in [1.29, 1.82) is 0 Å². The minimum Gasteiger partial charge on any atom is -0.497 e. The summed E-state index contributed by atoms with van der Waals surface area (Å²) in [5, 5.41) is 2.81. The SMILES string of the molecule is CCC(C)NC(=O)CN(c1ccc(OC)cc1)S(=O)(=O)c1cc(C)ccc1OC. The van der Waals surface area contributed by atoms with E-state index in [-0.39, 0.29) is 29.1 Å². The molecule has 1 amide bonds. The van der Waals surface area contributed by atoms with Crippen molar-refractivity contribution in [2.75, 3.05) is 25.1 Å². The first kappa shape index (κ1) is 22.5. The summed E-state index contributed by atoms with van der Waals surface area (Å²) < 4.78 is 38.6. The lowest BCUT2D eigenvalue weighted by atomic mass is 10.2. The number of methoxy groups -OCH3 is 2. The van der Waals surface area contributed by atoms with Gasteiger partial charge in [-0.2, -0.15) is 0 Å². The van der Waals surface area contributed by atoms with Gasteiger partial charge in [0.25, 0.3) is 10.0 Å². The summed E-state index contributed by atoms with van der Waals surface area (Å²) in [5.41, 5.74) is 1.12. The van der Waals surface area contributed by atoms with Crippen LogP contribution in [0.2, 0.25) is 0 Å². The highest BCUT2D eigenvalue weighted by atomic mass is 32.2. The summed E-state index contributed by atoms with van der Waals surface area (Å²) in [6.45, 7) is 5.26. The second-order valence-electron chi connectivity index (χ2n) is 6.74. The van der Waals surface area contributed by atoms with E-state index in [1.165, 1.54) is 20.3 Å². The Hall–Kier alpha value is -2.74. The van der Waals surface area contributed by atoms with Gasteiger partial charge in [0, 0.05) is 6.04 Å². The zero-order valence-electron chi connectivity index (χ0n) is 17.4. The lowest BCUT2D eigenvalue weighted by Crippen LogP contribution is -2.43. The van der Waals surface area contributed by atoms with Gasteiger partial charge in [0.15, 0.2) is 0 Å². The molecule has 7 nitrogen and oxygen atoms in total. The number of aryl methyl sites for hydroxylation is 1. The minimum atomic E-state index is -4.07. The zero-order chi connectivity index (χ0) is 21.6. The molecule has 0 aliphatic rings. The Balaban J connectivity index is 2.53. The molecule has 1 N–H and O–H groups in total. The molecule has 0 radical (unpaired) electrons. The summed E-state index contributed by atoms with van der Waals surface area (Å²) >= 11 is 0. The van der Waals surface area contributed by atoms with E-state index in [2.05, 4.69) is 5.32 Å². The van der Waals surface area contributed by atoms with Crippen molar-refractivity contribution in [3.63, 3.8) is 0 Å². The number of anilines is 1. The van der Waals surface area contributed by atoms with Gasteiger partial charge in [0.2, 0.25) is 5.91 Å². The van der Waals surface area contributed by atoms with E-state index in [1.54, 1.807) is 43.3 Å². The quantitative estimate of drug-likeness (QED) is 0.674. The smallest absolute Gasteiger partial charge is 0.268 e. The Morgan fingerprint density at radius 2 is 1.76 bits per heavy atom. The van der Waals surface area contributed by atoms with Crippen LogP contribution in [-0.2, 0) is 14.8 Å². The third-order valence-corrected chi connectivity index (χ3v) is 6.35. The fourth-order valence-electron chi connectivity index (χ4n) is 2.72. The van der Waals surface area contributed by atoms with Crippen LogP contribution in [0.4, 0.5) is 5.69 Å². The summed E-state index contributed by atoms with van der Waals surface area (Å²) in [6, 6.07) is 11.4. The zero-order valence-corrected chi connectivity index (χ0v) is 18.2. The fraction of sp³-hybridized carbons (Fsp3) is 0.381. The van der Waals surface area contributed by atoms with Gasteiger partial charge in [0.05, 0.1) is 19.9 Å². The number of nitrogens with zero attached hydrogens (tertiary/aromatic N) is 1. The maximum Gasteiger partial charge on any atom is 0.268 e. The summed E-state index contributed by atoms with van der Waals surface area (Å²) in [6.07, 6.45) is 0.743. The molecule has 0 heterocycles. The molecule has 0 aromatic heterocycles. The highest BCUT2D eigenvalue weighted by Crippen LogP contribution is 2.31. The van der Waals surface area contributed by atoms with Crippen LogP contribution in [0.1, 0.15) is 25.8 Å². The molecule has 2 aromatic rings. The predicted molar refractivity (Wildman–Crippen MR) is 113 cm³/mol. The van der Waals surface area contributed by atoms with Crippen LogP contribution in [0.5, 0.6) is 11.5 Å². The van der Waals surface area contributed by atoms with Crippen molar-refractivity contribution in [2.45, 2.75) is 38.1 Å². The molecule has 8 heteroatoms. The van der Waals surface area contributed by atoms with E-state index in [9.17, 15) is 13.2 Å². The lowest BCUT2D eigenvalue weighted by Gasteiger charge is -2.26. The first-order valence-electron chi connectivity index (χ1n) is 9.33. The van der Waals surface area contributed by atoms with Crippen LogP contribution in [0, 0.1) is 6.92 Å². The van der Waals surface area contributed by atoms with Crippen LogP contribution < -0.4 is 19.1 Å². The number of carbonyl (C=O) groups excluding carboxylic acids is 1. The molecule has 0 fully saturated rings. The normalized spacial score (nSPS) is 12.2. The van der Waals surface area contributed by atoms with Gasteiger partial charge in [-0.15, -0.1) is 0 Å². The number of ether oxygens (including phenoxy) is 2.